The fraction of sp³-hybridized carbons (Fsp3) is 0.217. The van der Waals surface area contributed by atoms with Crippen LogP contribution in [-0.2, 0) is 13.1 Å². The van der Waals surface area contributed by atoms with Gasteiger partial charge in [0.25, 0.3) is 5.91 Å². The number of amides is 1. The summed E-state index contributed by atoms with van der Waals surface area (Å²) in [6, 6.07) is 20.9. The maximum atomic E-state index is 12.3. The van der Waals surface area contributed by atoms with Crippen LogP contribution in [0.25, 0.3) is 11.0 Å². The van der Waals surface area contributed by atoms with E-state index in [0.717, 1.165) is 42.2 Å². The third-order valence-corrected chi connectivity index (χ3v) is 6.65. The number of aromatic nitrogens is 2. The predicted octanol–water partition coefficient (Wildman–Crippen LogP) is 3.51. The van der Waals surface area contributed by atoms with Gasteiger partial charge in [-0.05, 0) is 36.6 Å². The molecule has 1 amide bonds. The van der Waals surface area contributed by atoms with Crippen molar-refractivity contribution in [3.8, 4) is 0 Å². The Labute approximate surface area is 173 Å². The largest absolute Gasteiger partial charge is 0.321 e. The molecule has 5 nitrogen and oxygen atoms in total. The van der Waals surface area contributed by atoms with Crippen LogP contribution in [0.2, 0.25) is 0 Å². The molecule has 2 aromatic heterocycles. The van der Waals surface area contributed by atoms with Crippen molar-refractivity contribution in [2.24, 2.45) is 0 Å². The predicted molar refractivity (Wildman–Crippen MR) is 116 cm³/mol. The van der Waals surface area contributed by atoms with Crippen LogP contribution in [0.1, 0.15) is 34.0 Å². The molecule has 146 valence electrons. The highest BCUT2D eigenvalue weighted by Gasteiger charge is 2.27. The van der Waals surface area contributed by atoms with Gasteiger partial charge >= 0.3 is 0 Å². The molecule has 0 saturated carbocycles. The summed E-state index contributed by atoms with van der Waals surface area (Å²) in [6.07, 6.45) is 0. The van der Waals surface area contributed by atoms with E-state index >= 15 is 0 Å². The van der Waals surface area contributed by atoms with Gasteiger partial charge in [-0.15, -0.1) is 11.3 Å². The lowest BCUT2D eigenvalue weighted by atomic mass is 10.1. The Morgan fingerprint density at radius 2 is 2.03 bits per heavy atom. The summed E-state index contributed by atoms with van der Waals surface area (Å²) in [6.45, 7) is 5.23. The maximum absolute atomic E-state index is 12.3. The van der Waals surface area contributed by atoms with Gasteiger partial charge in [0.15, 0.2) is 5.82 Å². The zero-order valence-electron chi connectivity index (χ0n) is 16.3. The first-order valence-electron chi connectivity index (χ1n) is 9.92. The molecule has 0 spiro atoms. The van der Waals surface area contributed by atoms with Crippen LogP contribution in [0.3, 0.4) is 0 Å². The van der Waals surface area contributed by atoms with Crippen molar-refractivity contribution in [1.29, 1.82) is 0 Å². The van der Waals surface area contributed by atoms with Crippen molar-refractivity contribution in [3.63, 3.8) is 0 Å². The minimum absolute atomic E-state index is 0.0735. The number of hydrogen-bond acceptors (Lipinski definition) is 3. The molecule has 0 radical (unpaired) electrons. The van der Waals surface area contributed by atoms with Gasteiger partial charge in [0.05, 0.1) is 29.0 Å². The molecular formula is C23H23N4OS+. The number of quaternary nitrogens is 1. The number of nitrogens with one attached hydrogen (secondary N) is 2. The molecule has 1 unspecified atom stereocenters. The van der Waals surface area contributed by atoms with Crippen LogP contribution in [0.15, 0.2) is 66.0 Å². The average Bonchev–Trinajstić information content (AvgIpc) is 3.41. The molecule has 3 heterocycles. The zero-order valence-corrected chi connectivity index (χ0v) is 17.1. The smallest absolute Gasteiger partial charge is 0.265 e. The quantitative estimate of drug-likeness (QED) is 0.548. The third-order valence-electron chi connectivity index (χ3n) is 5.78. The molecule has 1 aliphatic heterocycles. The van der Waals surface area contributed by atoms with E-state index in [1.165, 1.54) is 21.8 Å². The molecule has 5 rings (SSSR count). The fourth-order valence-corrected chi connectivity index (χ4v) is 4.76. The lowest BCUT2D eigenvalue weighted by Crippen LogP contribution is -3.12. The first-order valence-corrected chi connectivity index (χ1v) is 10.8. The monoisotopic (exact) mass is 403 g/mol. The van der Waals surface area contributed by atoms with Crippen molar-refractivity contribution in [3.05, 3.63) is 82.3 Å². The first-order chi connectivity index (χ1) is 14.2. The Morgan fingerprint density at radius 3 is 2.83 bits per heavy atom. The molecule has 0 fully saturated rings. The molecule has 2 aromatic carbocycles. The van der Waals surface area contributed by atoms with E-state index in [1.807, 2.05) is 29.6 Å². The first kappa shape index (κ1) is 18.1. The lowest BCUT2D eigenvalue weighted by Gasteiger charge is -2.30. The van der Waals surface area contributed by atoms with E-state index in [4.69, 9.17) is 4.98 Å². The van der Waals surface area contributed by atoms with E-state index in [9.17, 15) is 4.79 Å². The Balaban J connectivity index is 1.38. The number of nitrogens with zero attached hydrogens (tertiary/aromatic N) is 2. The molecule has 29 heavy (non-hydrogen) atoms. The minimum Gasteiger partial charge on any atom is -0.321 e. The Bertz CT molecular complexity index is 1150. The summed E-state index contributed by atoms with van der Waals surface area (Å²) < 4.78 is 2.32. The number of imidazole rings is 1. The molecule has 0 aliphatic carbocycles. The Hall–Kier alpha value is -2.96. The number of carbonyl (C=O) groups is 1. The van der Waals surface area contributed by atoms with E-state index in [1.54, 1.807) is 0 Å². The highest BCUT2D eigenvalue weighted by molar-refractivity contribution is 7.12. The second kappa shape index (κ2) is 7.46. The van der Waals surface area contributed by atoms with Crippen LogP contribution < -0.4 is 10.2 Å². The van der Waals surface area contributed by atoms with Gasteiger partial charge in [-0.2, -0.15) is 0 Å². The van der Waals surface area contributed by atoms with Gasteiger partial charge in [-0.25, -0.2) is 4.98 Å². The van der Waals surface area contributed by atoms with Gasteiger partial charge in [0, 0.05) is 11.3 Å². The minimum atomic E-state index is -0.0735. The molecule has 1 aliphatic rings. The molecule has 2 N–H and O–H groups in total. The number of carbonyl (C=O) groups excluding carboxylic acids is 1. The topological polar surface area (TPSA) is 51.4 Å². The number of thiophene rings is 1. The molecule has 0 bridgehead atoms. The van der Waals surface area contributed by atoms with Gasteiger partial charge < -0.3 is 14.8 Å². The van der Waals surface area contributed by atoms with Gasteiger partial charge in [0.1, 0.15) is 12.6 Å². The van der Waals surface area contributed by atoms with Crippen LogP contribution in [0.4, 0.5) is 5.69 Å². The van der Waals surface area contributed by atoms with Crippen LogP contribution in [0, 0.1) is 0 Å². The second-order valence-electron chi connectivity index (χ2n) is 7.53. The van der Waals surface area contributed by atoms with Crippen molar-refractivity contribution < 1.29 is 9.69 Å². The summed E-state index contributed by atoms with van der Waals surface area (Å²) in [5, 5.41) is 4.89. The number of fused-ring (bicyclic) bond motifs is 3. The molecule has 4 aromatic rings. The maximum Gasteiger partial charge on any atom is 0.265 e. The number of anilines is 1. The van der Waals surface area contributed by atoms with Gasteiger partial charge in [-0.3, -0.25) is 4.79 Å². The van der Waals surface area contributed by atoms with Gasteiger partial charge in [0.2, 0.25) is 0 Å². The molecule has 0 saturated heterocycles. The normalized spacial score (nSPS) is 17.1. The van der Waals surface area contributed by atoms with Crippen molar-refractivity contribution in [2.45, 2.75) is 26.1 Å². The standard InChI is InChI=1S/C23H22N4OS/c1-16(17-6-3-2-4-7-17)26-11-12-27-20-10-9-18(14-19(20)25-22(27)15-26)24-23(28)21-8-5-13-29-21/h2-10,13-14,16H,11-12,15H2,1H3,(H,24,28)/p+1/t16-/m0/s1. The summed E-state index contributed by atoms with van der Waals surface area (Å²) in [5.74, 6) is 1.04. The SMILES string of the molecule is C[C@@H](c1ccccc1)[NH+]1CCn2c(nc3cc(NC(=O)c4cccs4)ccc32)C1. The van der Waals surface area contributed by atoms with Crippen molar-refractivity contribution in [1.82, 2.24) is 9.55 Å². The molecular weight excluding hydrogens is 380 g/mol. The van der Waals surface area contributed by atoms with E-state index in [-0.39, 0.29) is 5.91 Å². The summed E-state index contributed by atoms with van der Waals surface area (Å²) in [4.78, 5) is 19.5. The highest BCUT2D eigenvalue weighted by Crippen LogP contribution is 2.23. The molecule has 2 atom stereocenters. The fourth-order valence-electron chi connectivity index (χ4n) is 4.14. The van der Waals surface area contributed by atoms with Crippen molar-refractivity contribution in [2.75, 3.05) is 11.9 Å². The van der Waals surface area contributed by atoms with E-state index in [0.29, 0.717) is 10.9 Å². The average molecular weight is 404 g/mol. The van der Waals surface area contributed by atoms with Crippen molar-refractivity contribution >= 4 is 34.0 Å². The molecule has 6 heteroatoms. The number of benzene rings is 2. The van der Waals surface area contributed by atoms with E-state index in [2.05, 4.69) is 53.2 Å². The van der Waals surface area contributed by atoms with Gasteiger partial charge in [-0.1, -0.05) is 36.4 Å². The Morgan fingerprint density at radius 1 is 1.17 bits per heavy atom. The van der Waals surface area contributed by atoms with Crippen LogP contribution in [0.5, 0.6) is 0 Å². The summed E-state index contributed by atoms with van der Waals surface area (Å²) in [7, 11) is 0. The zero-order chi connectivity index (χ0) is 19.8. The number of rotatable bonds is 4. The van der Waals surface area contributed by atoms with E-state index < -0.39 is 0 Å². The lowest BCUT2D eigenvalue weighted by molar-refractivity contribution is -0.947. The summed E-state index contributed by atoms with van der Waals surface area (Å²) >= 11 is 1.44. The highest BCUT2D eigenvalue weighted by atomic mass is 32.1. The second-order valence-corrected chi connectivity index (χ2v) is 8.48. The summed E-state index contributed by atoms with van der Waals surface area (Å²) in [5.41, 5.74) is 4.23. The Kier molecular flexibility index (Phi) is 4.66. The van der Waals surface area contributed by atoms with Crippen LogP contribution in [-0.4, -0.2) is 22.0 Å². The number of hydrogen-bond donors (Lipinski definition) is 2. The third kappa shape index (κ3) is 3.45. The van der Waals surface area contributed by atoms with Crippen LogP contribution >= 0.6 is 11.3 Å².